The van der Waals surface area contributed by atoms with Crippen molar-refractivity contribution in [1.82, 2.24) is 9.97 Å². The Labute approximate surface area is 132 Å². The van der Waals surface area contributed by atoms with Gasteiger partial charge < -0.3 is 15.5 Å². The van der Waals surface area contributed by atoms with E-state index in [0.717, 1.165) is 29.5 Å². The number of carbonyl (C=O) groups is 1. The molecule has 2 atom stereocenters. The highest BCUT2D eigenvalue weighted by molar-refractivity contribution is 7.19. The number of hydrogen-bond acceptors (Lipinski definition) is 6. The van der Waals surface area contributed by atoms with Crippen molar-refractivity contribution in [2.45, 2.75) is 39.2 Å². The summed E-state index contributed by atoms with van der Waals surface area (Å²) < 4.78 is 0. The Morgan fingerprint density at radius 2 is 2.27 bits per heavy atom. The van der Waals surface area contributed by atoms with Crippen molar-refractivity contribution in [3.8, 4) is 0 Å². The van der Waals surface area contributed by atoms with Gasteiger partial charge in [-0.3, -0.25) is 0 Å². The fraction of sp³-hybridized carbons (Fsp3) is 0.533. The van der Waals surface area contributed by atoms with Crippen LogP contribution < -0.4 is 5.32 Å². The van der Waals surface area contributed by atoms with Crippen molar-refractivity contribution in [2.75, 3.05) is 11.9 Å². The number of rotatable bonds is 4. The van der Waals surface area contributed by atoms with Gasteiger partial charge in [0.25, 0.3) is 0 Å². The van der Waals surface area contributed by atoms with Gasteiger partial charge in [0.15, 0.2) is 0 Å². The normalized spacial score (nSPS) is 19.0. The number of nitrogens with one attached hydrogen (secondary N) is 1. The number of aliphatic hydroxyl groups excluding tert-OH is 1. The van der Waals surface area contributed by atoms with Crippen LogP contribution in [0, 0.1) is 12.8 Å². The van der Waals surface area contributed by atoms with E-state index >= 15 is 0 Å². The van der Waals surface area contributed by atoms with Crippen LogP contribution in [-0.2, 0) is 17.6 Å². The van der Waals surface area contributed by atoms with Gasteiger partial charge in [-0.15, -0.1) is 11.3 Å². The molecule has 1 aliphatic rings. The van der Waals surface area contributed by atoms with Crippen LogP contribution in [0.1, 0.15) is 29.6 Å². The van der Waals surface area contributed by atoms with Crippen LogP contribution in [0.4, 0.5) is 5.82 Å². The van der Waals surface area contributed by atoms with Crippen LogP contribution in [0.15, 0.2) is 0 Å². The molecule has 1 aliphatic carbocycles. The average molecular weight is 321 g/mol. The van der Waals surface area contributed by atoms with Gasteiger partial charge in [-0.1, -0.05) is 6.92 Å². The zero-order valence-electron chi connectivity index (χ0n) is 12.6. The minimum absolute atomic E-state index is 0.483. The molecule has 0 saturated carbocycles. The molecular weight excluding hydrogens is 302 g/mol. The summed E-state index contributed by atoms with van der Waals surface area (Å²) >= 11 is 1.67. The Balaban J connectivity index is 2.11. The van der Waals surface area contributed by atoms with Gasteiger partial charge in [0.1, 0.15) is 22.5 Å². The highest BCUT2D eigenvalue weighted by Crippen LogP contribution is 2.40. The summed E-state index contributed by atoms with van der Waals surface area (Å²) in [5, 5.41) is 22.2. The summed E-state index contributed by atoms with van der Waals surface area (Å²) in [5.74, 6) is 0.694. The molecule has 0 bridgehead atoms. The molecule has 6 nitrogen and oxygen atoms in total. The molecule has 3 rings (SSSR count). The first-order valence-electron chi connectivity index (χ1n) is 7.38. The van der Waals surface area contributed by atoms with Crippen LogP contribution in [0.2, 0.25) is 0 Å². The number of aliphatic carboxylic acids is 1. The van der Waals surface area contributed by atoms with Gasteiger partial charge >= 0.3 is 5.97 Å². The van der Waals surface area contributed by atoms with E-state index < -0.39 is 18.6 Å². The molecule has 2 aromatic heterocycles. The third-order valence-corrected chi connectivity index (χ3v) is 5.21. The minimum Gasteiger partial charge on any atom is -0.480 e. The number of carboxylic acids is 1. The number of aryl methyl sites for hydroxylation is 2. The molecule has 2 heterocycles. The first kappa shape index (κ1) is 15.2. The summed E-state index contributed by atoms with van der Waals surface area (Å²) in [6, 6.07) is -1.06. The van der Waals surface area contributed by atoms with E-state index in [-0.39, 0.29) is 0 Å². The molecule has 2 aromatic rings. The molecule has 0 spiro atoms. The topological polar surface area (TPSA) is 95.3 Å². The largest absolute Gasteiger partial charge is 0.480 e. The predicted molar refractivity (Wildman–Crippen MR) is 85.5 cm³/mol. The Hall–Kier alpha value is -1.73. The molecule has 0 fully saturated rings. The molecule has 22 heavy (non-hydrogen) atoms. The van der Waals surface area contributed by atoms with Crippen LogP contribution >= 0.6 is 11.3 Å². The Bertz CT molecular complexity index is 728. The number of anilines is 1. The molecule has 0 amide bonds. The summed E-state index contributed by atoms with van der Waals surface area (Å²) in [6.07, 6.45) is 3.13. The van der Waals surface area contributed by atoms with Crippen molar-refractivity contribution < 1.29 is 15.0 Å². The van der Waals surface area contributed by atoms with Crippen LogP contribution in [0.5, 0.6) is 0 Å². The smallest absolute Gasteiger partial charge is 0.328 e. The lowest BCUT2D eigenvalue weighted by Crippen LogP contribution is -2.33. The zero-order chi connectivity index (χ0) is 15.9. The summed E-state index contributed by atoms with van der Waals surface area (Å²) in [5.41, 5.74) is 1.24. The monoisotopic (exact) mass is 321 g/mol. The van der Waals surface area contributed by atoms with E-state index in [1.807, 2.05) is 0 Å². The Kier molecular flexibility index (Phi) is 4.01. The first-order valence-corrected chi connectivity index (χ1v) is 8.20. The Morgan fingerprint density at radius 3 is 2.95 bits per heavy atom. The molecular formula is C15H19N3O3S. The minimum atomic E-state index is -1.09. The van der Waals surface area contributed by atoms with Gasteiger partial charge in [0, 0.05) is 4.88 Å². The van der Waals surface area contributed by atoms with Crippen molar-refractivity contribution >= 4 is 33.3 Å². The first-order chi connectivity index (χ1) is 10.5. The number of hydrogen-bond donors (Lipinski definition) is 3. The quantitative estimate of drug-likeness (QED) is 0.797. The van der Waals surface area contributed by atoms with Crippen molar-refractivity contribution in [3.63, 3.8) is 0 Å². The molecule has 0 saturated heterocycles. The standard InChI is InChI=1S/C15H19N3O3S/c1-7-3-4-9-11(5-7)22-14-12(9)13(16-8(2)17-14)18-10(6-19)15(20)21/h7,10,19H,3-6H2,1-2H3,(H,20,21)(H,16,17,18). The number of nitrogens with zero attached hydrogens (tertiary/aromatic N) is 2. The van der Waals surface area contributed by atoms with E-state index in [0.29, 0.717) is 17.6 Å². The predicted octanol–water partition coefficient (Wildman–Crippen LogP) is 1.98. The molecule has 0 aromatic carbocycles. The van der Waals surface area contributed by atoms with Gasteiger partial charge in [0.05, 0.1) is 12.0 Å². The van der Waals surface area contributed by atoms with E-state index in [2.05, 4.69) is 22.2 Å². The Morgan fingerprint density at radius 1 is 1.50 bits per heavy atom. The maximum atomic E-state index is 11.2. The van der Waals surface area contributed by atoms with Crippen LogP contribution in [0.3, 0.4) is 0 Å². The van der Waals surface area contributed by atoms with Crippen LogP contribution in [-0.4, -0.2) is 38.8 Å². The van der Waals surface area contributed by atoms with Gasteiger partial charge in [-0.2, -0.15) is 0 Å². The number of aromatic nitrogens is 2. The van der Waals surface area contributed by atoms with E-state index in [9.17, 15) is 9.90 Å². The lowest BCUT2D eigenvalue weighted by Gasteiger charge is -2.19. The van der Waals surface area contributed by atoms with E-state index in [1.54, 1.807) is 18.3 Å². The fourth-order valence-corrected chi connectivity index (χ4v) is 4.33. The van der Waals surface area contributed by atoms with Crippen molar-refractivity contribution in [2.24, 2.45) is 5.92 Å². The van der Waals surface area contributed by atoms with Crippen LogP contribution in [0.25, 0.3) is 10.2 Å². The van der Waals surface area contributed by atoms with E-state index in [4.69, 9.17) is 5.11 Å². The second-order valence-corrected chi connectivity index (χ2v) is 6.95. The van der Waals surface area contributed by atoms with E-state index in [1.165, 1.54) is 10.4 Å². The van der Waals surface area contributed by atoms with Gasteiger partial charge in [-0.25, -0.2) is 14.8 Å². The number of fused-ring (bicyclic) bond motifs is 3. The second kappa shape index (κ2) is 5.81. The third-order valence-electron chi connectivity index (χ3n) is 4.06. The maximum absolute atomic E-state index is 11.2. The molecule has 2 unspecified atom stereocenters. The summed E-state index contributed by atoms with van der Waals surface area (Å²) in [6.45, 7) is 3.56. The number of aliphatic hydroxyl groups is 1. The second-order valence-electron chi connectivity index (χ2n) is 5.87. The lowest BCUT2D eigenvalue weighted by molar-refractivity contribution is -0.138. The molecule has 7 heteroatoms. The zero-order valence-corrected chi connectivity index (χ0v) is 13.4. The maximum Gasteiger partial charge on any atom is 0.328 e. The van der Waals surface area contributed by atoms with Gasteiger partial charge in [-0.05, 0) is 37.7 Å². The third kappa shape index (κ3) is 2.66. The molecule has 118 valence electrons. The van der Waals surface area contributed by atoms with Crippen molar-refractivity contribution in [1.29, 1.82) is 0 Å². The molecule has 0 aliphatic heterocycles. The lowest BCUT2D eigenvalue weighted by atomic mass is 9.89. The highest BCUT2D eigenvalue weighted by Gasteiger charge is 2.25. The molecule has 0 radical (unpaired) electrons. The number of thiophene rings is 1. The summed E-state index contributed by atoms with van der Waals surface area (Å²) in [7, 11) is 0. The van der Waals surface area contributed by atoms with Gasteiger partial charge in [0.2, 0.25) is 0 Å². The highest BCUT2D eigenvalue weighted by atomic mass is 32.1. The van der Waals surface area contributed by atoms with Crippen molar-refractivity contribution in [3.05, 3.63) is 16.3 Å². The average Bonchev–Trinajstić information content (AvgIpc) is 2.80. The molecule has 3 N–H and O–H groups in total. The SMILES string of the molecule is Cc1nc(NC(CO)C(=O)O)c2c3c(sc2n1)CC(C)CC3. The summed E-state index contributed by atoms with van der Waals surface area (Å²) in [4.78, 5) is 22.3. The fourth-order valence-electron chi connectivity index (χ4n) is 2.90. The number of carboxylic acid groups (broad SMARTS) is 1.